The minimum Gasteiger partial charge on any atom is -0.503 e. The number of ketones is 1. The van der Waals surface area contributed by atoms with E-state index in [1.54, 1.807) is 37.5 Å². The smallest absolute Gasteiger partial charge is 0.289 e. The van der Waals surface area contributed by atoms with E-state index in [9.17, 15) is 14.7 Å². The number of nitrogens with zero attached hydrogens (tertiary/aromatic N) is 2. The normalized spacial score (nSPS) is 18.2. The van der Waals surface area contributed by atoms with Crippen LogP contribution in [0.5, 0.6) is 0 Å². The number of amides is 1. The van der Waals surface area contributed by atoms with Crippen LogP contribution in [0.4, 0.5) is 0 Å². The second-order valence-corrected chi connectivity index (χ2v) is 5.11. The topological polar surface area (TPSA) is 83.6 Å². The number of carbonyl (C=O) groups is 2. The fourth-order valence-corrected chi connectivity index (χ4v) is 2.57. The van der Waals surface area contributed by atoms with Crippen molar-refractivity contribution in [3.05, 3.63) is 65.1 Å². The predicted octanol–water partition coefficient (Wildman–Crippen LogP) is 2.19. The summed E-state index contributed by atoms with van der Waals surface area (Å²) in [5, 5.41) is 10.1. The molecule has 3 rings (SSSR count). The lowest BCUT2D eigenvalue weighted by atomic mass is 9.96. The van der Waals surface area contributed by atoms with Crippen molar-refractivity contribution in [2.75, 3.05) is 7.05 Å². The van der Waals surface area contributed by atoms with Crippen molar-refractivity contribution < 1.29 is 19.1 Å². The number of furan rings is 1. The molecular formula is C16H14N2O4. The van der Waals surface area contributed by atoms with E-state index < -0.39 is 23.5 Å². The van der Waals surface area contributed by atoms with Crippen LogP contribution in [-0.4, -0.2) is 33.7 Å². The Kier molecular flexibility index (Phi) is 3.29. The molecular weight excluding hydrogens is 284 g/mol. The molecule has 0 bridgehead atoms. The van der Waals surface area contributed by atoms with Gasteiger partial charge in [-0.15, -0.1) is 0 Å². The Labute approximate surface area is 126 Å². The van der Waals surface area contributed by atoms with E-state index in [0.29, 0.717) is 11.3 Å². The number of Topliss-reactive ketones (excluding diaryl/α,β-unsaturated/α-hetero) is 1. The van der Waals surface area contributed by atoms with E-state index in [1.165, 1.54) is 18.0 Å². The van der Waals surface area contributed by atoms with Gasteiger partial charge in [-0.3, -0.25) is 14.6 Å². The van der Waals surface area contributed by atoms with Crippen molar-refractivity contribution >= 4 is 11.7 Å². The fraction of sp³-hybridized carbons (Fsp3) is 0.188. The summed E-state index contributed by atoms with van der Waals surface area (Å²) in [7, 11) is 1.53. The molecule has 0 aromatic carbocycles. The van der Waals surface area contributed by atoms with Crippen LogP contribution in [0.1, 0.15) is 27.9 Å². The molecule has 0 radical (unpaired) electrons. The third-order valence-electron chi connectivity index (χ3n) is 3.65. The van der Waals surface area contributed by atoms with Gasteiger partial charge in [0.15, 0.2) is 11.5 Å². The number of aryl methyl sites for hydroxylation is 1. The largest absolute Gasteiger partial charge is 0.503 e. The minimum absolute atomic E-state index is 0.00912. The van der Waals surface area contributed by atoms with Crippen molar-refractivity contribution in [1.82, 2.24) is 9.88 Å². The average Bonchev–Trinajstić information content (AvgIpc) is 3.05. The van der Waals surface area contributed by atoms with Crippen molar-refractivity contribution in [2.45, 2.75) is 13.0 Å². The summed E-state index contributed by atoms with van der Waals surface area (Å²) in [5.74, 6) is -0.969. The number of hydrogen-bond acceptors (Lipinski definition) is 5. The molecule has 1 unspecified atom stereocenters. The Morgan fingerprint density at radius 1 is 1.36 bits per heavy atom. The summed E-state index contributed by atoms with van der Waals surface area (Å²) in [6.45, 7) is 1.72. The van der Waals surface area contributed by atoms with Gasteiger partial charge in [-0.05, 0) is 30.7 Å². The number of aliphatic hydroxyl groups excluding tert-OH is 1. The first kappa shape index (κ1) is 14.1. The Bertz CT molecular complexity index is 776. The molecule has 0 spiro atoms. The highest BCUT2D eigenvalue weighted by molar-refractivity contribution is 6.14. The molecule has 1 aliphatic heterocycles. The van der Waals surface area contributed by atoms with Gasteiger partial charge in [0, 0.05) is 19.4 Å². The van der Waals surface area contributed by atoms with Crippen molar-refractivity contribution in [2.24, 2.45) is 0 Å². The second kappa shape index (κ2) is 5.14. The van der Waals surface area contributed by atoms with E-state index in [1.807, 2.05) is 0 Å². The number of aromatic nitrogens is 1. The van der Waals surface area contributed by atoms with Crippen LogP contribution in [0, 0.1) is 6.92 Å². The molecule has 22 heavy (non-hydrogen) atoms. The van der Waals surface area contributed by atoms with Gasteiger partial charge < -0.3 is 14.4 Å². The average molecular weight is 298 g/mol. The third kappa shape index (κ3) is 2.09. The molecule has 0 aliphatic carbocycles. The molecule has 1 amide bonds. The van der Waals surface area contributed by atoms with E-state index in [4.69, 9.17) is 4.42 Å². The van der Waals surface area contributed by atoms with E-state index >= 15 is 0 Å². The second-order valence-electron chi connectivity index (χ2n) is 5.11. The van der Waals surface area contributed by atoms with E-state index in [2.05, 4.69) is 4.98 Å². The number of likely N-dealkylation sites (N-methyl/N-ethyl adjacent to an activating group) is 1. The van der Waals surface area contributed by atoms with Gasteiger partial charge in [0.25, 0.3) is 5.91 Å². The lowest BCUT2D eigenvalue weighted by molar-refractivity contribution is -0.128. The summed E-state index contributed by atoms with van der Waals surface area (Å²) in [6.07, 6.45) is 3.16. The zero-order valence-electron chi connectivity index (χ0n) is 12.1. The summed E-state index contributed by atoms with van der Waals surface area (Å²) in [5.41, 5.74) is 0.656. The number of aliphatic hydroxyl groups is 1. The van der Waals surface area contributed by atoms with Crippen molar-refractivity contribution in [3.8, 4) is 0 Å². The van der Waals surface area contributed by atoms with Gasteiger partial charge in [-0.2, -0.15) is 0 Å². The molecule has 3 heterocycles. The molecule has 0 saturated carbocycles. The van der Waals surface area contributed by atoms with Crippen molar-refractivity contribution in [1.29, 1.82) is 0 Å². The highest BCUT2D eigenvalue weighted by Gasteiger charge is 2.42. The molecule has 0 fully saturated rings. The monoisotopic (exact) mass is 298 g/mol. The van der Waals surface area contributed by atoms with Crippen LogP contribution in [-0.2, 0) is 4.79 Å². The zero-order valence-corrected chi connectivity index (χ0v) is 12.1. The third-order valence-corrected chi connectivity index (χ3v) is 3.65. The molecule has 1 N–H and O–H groups in total. The summed E-state index contributed by atoms with van der Waals surface area (Å²) < 4.78 is 5.32. The first-order valence-corrected chi connectivity index (χ1v) is 6.72. The highest BCUT2D eigenvalue weighted by atomic mass is 16.3. The van der Waals surface area contributed by atoms with E-state index in [-0.39, 0.29) is 11.3 Å². The maximum Gasteiger partial charge on any atom is 0.289 e. The molecule has 6 heteroatoms. The number of pyridine rings is 1. The Hall–Kier alpha value is -2.89. The van der Waals surface area contributed by atoms with Crippen LogP contribution < -0.4 is 0 Å². The predicted molar refractivity (Wildman–Crippen MR) is 77.2 cm³/mol. The van der Waals surface area contributed by atoms with Crippen LogP contribution in [0.25, 0.3) is 0 Å². The van der Waals surface area contributed by atoms with Gasteiger partial charge in [0.2, 0.25) is 5.78 Å². The maximum atomic E-state index is 12.6. The molecule has 6 nitrogen and oxygen atoms in total. The molecule has 1 aliphatic rings. The number of carbonyl (C=O) groups excluding carboxylic acids is 2. The lowest BCUT2D eigenvalue weighted by Gasteiger charge is -2.21. The van der Waals surface area contributed by atoms with Crippen LogP contribution >= 0.6 is 0 Å². The fourth-order valence-electron chi connectivity index (χ4n) is 2.57. The molecule has 2 aromatic rings. The Morgan fingerprint density at radius 2 is 2.14 bits per heavy atom. The summed E-state index contributed by atoms with van der Waals surface area (Å²) in [6, 6.07) is 5.97. The number of hydrogen-bond donors (Lipinski definition) is 1. The van der Waals surface area contributed by atoms with E-state index in [0.717, 1.165) is 0 Å². The van der Waals surface area contributed by atoms with Crippen LogP contribution in [0.3, 0.4) is 0 Å². The quantitative estimate of drug-likeness (QED) is 0.878. The molecule has 1 atom stereocenters. The summed E-state index contributed by atoms with van der Waals surface area (Å²) in [4.78, 5) is 30.0. The lowest BCUT2D eigenvalue weighted by Crippen LogP contribution is -2.26. The minimum atomic E-state index is -0.681. The van der Waals surface area contributed by atoms with Gasteiger partial charge in [0.05, 0.1) is 11.6 Å². The van der Waals surface area contributed by atoms with Gasteiger partial charge in [-0.1, -0.05) is 6.07 Å². The molecule has 112 valence electrons. The maximum absolute atomic E-state index is 12.6. The summed E-state index contributed by atoms with van der Waals surface area (Å²) >= 11 is 0. The Balaban J connectivity index is 2.09. The molecule has 2 aromatic heterocycles. The van der Waals surface area contributed by atoms with Gasteiger partial charge in [-0.25, -0.2) is 0 Å². The first-order valence-electron chi connectivity index (χ1n) is 6.72. The molecule has 0 saturated heterocycles. The standard InChI is InChI=1S/C16H14N2O4/c1-9-5-6-11(22-9)14(19)12-13(10-4-3-7-17-8-10)18(2)16(21)15(12)20/h3-8,13,20H,1-2H3. The Morgan fingerprint density at radius 3 is 2.73 bits per heavy atom. The van der Waals surface area contributed by atoms with Gasteiger partial charge in [0.1, 0.15) is 5.76 Å². The van der Waals surface area contributed by atoms with Crippen molar-refractivity contribution in [3.63, 3.8) is 0 Å². The van der Waals surface area contributed by atoms with Crippen LogP contribution in [0.2, 0.25) is 0 Å². The highest BCUT2D eigenvalue weighted by Crippen LogP contribution is 2.37. The zero-order chi connectivity index (χ0) is 15.9. The first-order chi connectivity index (χ1) is 10.5. The van der Waals surface area contributed by atoms with Gasteiger partial charge >= 0.3 is 0 Å². The number of rotatable bonds is 3. The SMILES string of the molecule is Cc1ccc(C(=O)C2=C(O)C(=O)N(C)C2c2cccnc2)o1. The van der Waals surface area contributed by atoms with Crippen LogP contribution in [0.15, 0.2) is 52.4 Å².